The maximum atomic E-state index is 13.0. The molecule has 0 radical (unpaired) electrons. The van der Waals surface area contributed by atoms with Crippen LogP contribution in [0.25, 0.3) is 0 Å². The van der Waals surface area contributed by atoms with Gasteiger partial charge in [-0.3, -0.25) is 0 Å². The van der Waals surface area contributed by atoms with Crippen LogP contribution in [-0.2, 0) is 0 Å². The lowest BCUT2D eigenvalue weighted by molar-refractivity contribution is 0.321. The second-order valence-corrected chi connectivity index (χ2v) is 3.40. The molecule has 2 N–H and O–H groups in total. The highest BCUT2D eigenvalue weighted by Crippen LogP contribution is 2.21. The Labute approximate surface area is 69.3 Å². The molecule has 1 unspecified atom stereocenters. The molecule has 0 bridgehead atoms. The van der Waals surface area contributed by atoms with E-state index in [9.17, 15) is 4.39 Å². The standard InChI is InChI=1S/C7H11FN2S/c1-5-10-7(4-11-5)6(8)2-3-9/h4,6H,2-3,9H2,1H3. The van der Waals surface area contributed by atoms with Gasteiger partial charge in [-0.1, -0.05) is 0 Å². The number of aromatic nitrogens is 1. The fourth-order valence-corrected chi connectivity index (χ4v) is 1.47. The second-order valence-electron chi connectivity index (χ2n) is 2.34. The minimum absolute atomic E-state index is 0.364. The van der Waals surface area contributed by atoms with Gasteiger partial charge in [-0.2, -0.15) is 0 Å². The first kappa shape index (κ1) is 8.62. The van der Waals surface area contributed by atoms with Crippen LogP contribution in [0.3, 0.4) is 0 Å². The average Bonchev–Trinajstić information content (AvgIpc) is 2.36. The van der Waals surface area contributed by atoms with Gasteiger partial charge in [0.25, 0.3) is 0 Å². The smallest absolute Gasteiger partial charge is 0.144 e. The zero-order valence-electron chi connectivity index (χ0n) is 6.38. The van der Waals surface area contributed by atoms with E-state index in [0.29, 0.717) is 18.7 Å². The molecule has 4 heteroatoms. The van der Waals surface area contributed by atoms with Crippen molar-refractivity contribution in [2.24, 2.45) is 5.73 Å². The van der Waals surface area contributed by atoms with Gasteiger partial charge in [-0.15, -0.1) is 11.3 Å². The maximum Gasteiger partial charge on any atom is 0.144 e. The van der Waals surface area contributed by atoms with E-state index in [1.807, 2.05) is 6.92 Å². The zero-order valence-corrected chi connectivity index (χ0v) is 7.20. The van der Waals surface area contributed by atoms with Gasteiger partial charge in [0, 0.05) is 5.38 Å². The number of rotatable bonds is 3. The van der Waals surface area contributed by atoms with Gasteiger partial charge in [0.1, 0.15) is 6.17 Å². The molecule has 0 fully saturated rings. The predicted octanol–water partition coefficient (Wildman–Crippen LogP) is 1.81. The molecule has 1 heterocycles. The summed E-state index contributed by atoms with van der Waals surface area (Å²) in [5, 5.41) is 2.65. The molecule has 0 amide bonds. The summed E-state index contributed by atoms with van der Waals surface area (Å²) in [6, 6.07) is 0. The molecular weight excluding hydrogens is 163 g/mol. The van der Waals surface area contributed by atoms with Gasteiger partial charge in [0.05, 0.1) is 10.7 Å². The molecule has 0 aliphatic heterocycles. The average molecular weight is 174 g/mol. The van der Waals surface area contributed by atoms with Gasteiger partial charge < -0.3 is 5.73 Å². The third-order valence-electron chi connectivity index (χ3n) is 1.38. The second kappa shape index (κ2) is 3.78. The van der Waals surface area contributed by atoms with Crippen molar-refractivity contribution in [1.29, 1.82) is 0 Å². The van der Waals surface area contributed by atoms with E-state index in [4.69, 9.17) is 5.73 Å². The third-order valence-corrected chi connectivity index (χ3v) is 2.17. The summed E-state index contributed by atoms with van der Waals surface area (Å²) < 4.78 is 13.0. The lowest BCUT2D eigenvalue weighted by atomic mass is 10.2. The van der Waals surface area contributed by atoms with Gasteiger partial charge in [-0.25, -0.2) is 9.37 Å². The lowest BCUT2D eigenvalue weighted by Gasteiger charge is -2.00. The lowest BCUT2D eigenvalue weighted by Crippen LogP contribution is -2.03. The highest BCUT2D eigenvalue weighted by Gasteiger charge is 2.10. The number of hydrogen-bond acceptors (Lipinski definition) is 3. The van der Waals surface area contributed by atoms with Crippen LogP contribution in [-0.4, -0.2) is 11.5 Å². The number of aryl methyl sites for hydroxylation is 1. The van der Waals surface area contributed by atoms with Gasteiger partial charge in [-0.05, 0) is 19.9 Å². The zero-order chi connectivity index (χ0) is 8.27. The van der Waals surface area contributed by atoms with Crippen LogP contribution in [0.4, 0.5) is 4.39 Å². The molecule has 2 nitrogen and oxygen atoms in total. The van der Waals surface area contributed by atoms with Crippen molar-refractivity contribution in [3.63, 3.8) is 0 Å². The van der Waals surface area contributed by atoms with E-state index >= 15 is 0 Å². The summed E-state index contributed by atoms with van der Waals surface area (Å²) in [7, 11) is 0. The molecule has 11 heavy (non-hydrogen) atoms. The highest BCUT2D eigenvalue weighted by atomic mass is 32.1. The summed E-state index contributed by atoms with van der Waals surface area (Å²) in [6.45, 7) is 2.24. The molecule has 0 aliphatic carbocycles. The molecule has 1 atom stereocenters. The number of nitrogens with two attached hydrogens (primary N) is 1. The van der Waals surface area contributed by atoms with Crippen LogP contribution in [0, 0.1) is 6.92 Å². The van der Waals surface area contributed by atoms with E-state index in [-0.39, 0.29) is 0 Å². The number of alkyl halides is 1. The number of halogens is 1. The van der Waals surface area contributed by atoms with Crippen molar-refractivity contribution in [2.75, 3.05) is 6.54 Å². The summed E-state index contributed by atoms with van der Waals surface area (Å²) in [5.74, 6) is 0. The summed E-state index contributed by atoms with van der Waals surface area (Å²) in [5.41, 5.74) is 5.74. The van der Waals surface area contributed by atoms with Crippen molar-refractivity contribution < 1.29 is 4.39 Å². The predicted molar refractivity (Wildman–Crippen MR) is 44.4 cm³/mol. The van der Waals surface area contributed by atoms with Crippen LogP contribution >= 0.6 is 11.3 Å². The minimum atomic E-state index is -0.982. The van der Waals surface area contributed by atoms with Crippen molar-refractivity contribution >= 4 is 11.3 Å². The summed E-state index contributed by atoms with van der Waals surface area (Å²) >= 11 is 1.47. The first-order valence-electron chi connectivity index (χ1n) is 3.50. The van der Waals surface area contributed by atoms with Crippen LogP contribution in [0.5, 0.6) is 0 Å². The first-order chi connectivity index (χ1) is 5.24. The summed E-state index contributed by atoms with van der Waals surface area (Å²) in [6.07, 6.45) is -0.617. The molecule has 62 valence electrons. The summed E-state index contributed by atoms with van der Waals surface area (Å²) in [4.78, 5) is 4.02. The maximum absolute atomic E-state index is 13.0. The molecule has 0 spiro atoms. The Hall–Kier alpha value is -0.480. The normalized spacial score (nSPS) is 13.4. The van der Waals surface area contributed by atoms with E-state index in [2.05, 4.69) is 4.98 Å². The molecule has 1 rings (SSSR count). The van der Waals surface area contributed by atoms with Gasteiger partial charge >= 0.3 is 0 Å². The quantitative estimate of drug-likeness (QED) is 0.759. The Bertz CT molecular complexity index is 224. The van der Waals surface area contributed by atoms with E-state index in [0.717, 1.165) is 5.01 Å². The Morgan fingerprint density at radius 1 is 1.82 bits per heavy atom. The Balaban J connectivity index is 2.60. The third kappa shape index (κ3) is 2.24. The number of nitrogens with zero attached hydrogens (tertiary/aromatic N) is 1. The molecule has 1 aromatic heterocycles. The Morgan fingerprint density at radius 3 is 3.00 bits per heavy atom. The number of thiazole rings is 1. The monoisotopic (exact) mass is 174 g/mol. The van der Waals surface area contributed by atoms with Crippen molar-refractivity contribution in [3.8, 4) is 0 Å². The van der Waals surface area contributed by atoms with Gasteiger partial charge in [0.2, 0.25) is 0 Å². The fourth-order valence-electron chi connectivity index (χ4n) is 0.818. The molecular formula is C7H11FN2S. The van der Waals surface area contributed by atoms with Crippen molar-refractivity contribution in [2.45, 2.75) is 19.5 Å². The number of hydrogen-bond donors (Lipinski definition) is 1. The molecule has 1 aromatic rings. The Kier molecular flexibility index (Phi) is 2.96. The SMILES string of the molecule is Cc1nc(C(F)CCN)cs1. The van der Waals surface area contributed by atoms with E-state index in [1.54, 1.807) is 5.38 Å². The first-order valence-corrected chi connectivity index (χ1v) is 4.38. The minimum Gasteiger partial charge on any atom is -0.330 e. The molecule has 0 saturated carbocycles. The van der Waals surface area contributed by atoms with Gasteiger partial charge in [0.15, 0.2) is 0 Å². The molecule has 0 aromatic carbocycles. The van der Waals surface area contributed by atoms with Crippen LogP contribution in [0.1, 0.15) is 23.3 Å². The van der Waals surface area contributed by atoms with E-state index < -0.39 is 6.17 Å². The van der Waals surface area contributed by atoms with Crippen LogP contribution in [0.2, 0.25) is 0 Å². The highest BCUT2D eigenvalue weighted by molar-refractivity contribution is 7.09. The van der Waals surface area contributed by atoms with Crippen molar-refractivity contribution in [1.82, 2.24) is 4.98 Å². The van der Waals surface area contributed by atoms with Crippen LogP contribution in [0.15, 0.2) is 5.38 Å². The molecule has 0 saturated heterocycles. The Morgan fingerprint density at radius 2 is 2.55 bits per heavy atom. The molecule has 0 aliphatic rings. The topological polar surface area (TPSA) is 38.9 Å². The largest absolute Gasteiger partial charge is 0.330 e. The van der Waals surface area contributed by atoms with Crippen molar-refractivity contribution in [3.05, 3.63) is 16.1 Å². The van der Waals surface area contributed by atoms with Crippen LogP contribution < -0.4 is 5.73 Å². The van der Waals surface area contributed by atoms with E-state index in [1.165, 1.54) is 11.3 Å². The fraction of sp³-hybridized carbons (Fsp3) is 0.571.